The molecule has 0 aromatic heterocycles. The summed E-state index contributed by atoms with van der Waals surface area (Å²) in [5.41, 5.74) is 2.74. The smallest absolute Gasteiger partial charge is 0.293 e. The van der Waals surface area contributed by atoms with E-state index in [0.29, 0.717) is 23.0 Å². The Hall–Kier alpha value is -2.02. The molecule has 0 radical (unpaired) electrons. The number of hydrogen-bond acceptors (Lipinski definition) is 4. The molecule has 0 N–H and O–H groups in total. The van der Waals surface area contributed by atoms with Crippen molar-refractivity contribution in [2.75, 3.05) is 7.05 Å². The molecule has 3 rings (SSSR count). The molecule has 1 heterocycles. The van der Waals surface area contributed by atoms with Gasteiger partial charge >= 0.3 is 0 Å². The van der Waals surface area contributed by atoms with Gasteiger partial charge in [0.15, 0.2) is 0 Å². The zero-order valence-corrected chi connectivity index (χ0v) is 18.2. The van der Waals surface area contributed by atoms with Gasteiger partial charge in [0.05, 0.1) is 9.38 Å². The van der Waals surface area contributed by atoms with Crippen LogP contribution in [0.1, 0.15) is 16.7 Å². The van der Waals surface area contributed by atoms with Gasteiger partial charge in [-0.1, -0.05) is 29.8 Å². The van der Waals surface area contributed by atoms with E-state index in [1.54, 1.807) is 12.2 Å². The van der Waals surface area contributed by atoms with Gasteiger partial charge < -0.3 is 4.74 Å². The molecule has 144 valence electrons. The van der Waals surface area contributed by atoms with Crippen molar-refractivity contribution >= 4 is 56.5 Å². The number of rotatable bonds is 6. The lowest BCUT2D eigenvalue weighted by Crippen LogP contribution is -2.22. The number of benzene rings is 2. The first-order valence-electron chi connectivity index (χ1n) is 8.41. The summed E-state index contributed by atoms with van der Waals surface area (Å²) < 4.78 is 6.80. The molecule has 1 aliphatic rings. The third-order valence-electron chi connectivity index (χ3n) is 4.09. The Morgan fingerprint density at radius 1 is 1.25 bits per heavy atom. The molecule has 0 aliphatic carbocycles. The molecule has 0 unspecified atom stereocenters. The van der Waals surface area contributed by atoms with E-state index < -0.39 is 0 Å². The molecule has 0 spiro atoms. The molecule has 28 heavy (non-hydrogen) atoms. The third-order valence-corrected chi connectivity index (χ3v) is 5.89. The first-order chi connectivity index (χ1) is 13.4. The van der Waals surface area contributed by atoms with Crippen molar-refractivity contribution in [1.29, 1.82) is 0 Å². The summed E-state index contributed by atoms with van der Waals surface area (Å²) in [5.74, 6) is 0.426. The number of amides is 2. The number of allylic oxidation sites excluding steroid dienone is 1. The number of imide groups is 1. The summed E-state index contributed by atoms with van der Waals surface area (Å²) in [6, 6.07) is 11.3. The number of hydrogen-bond donors (Lipinski definition) is 0. The van der Waals surface area contributed by atoms with E-state index in [1.807, 2.05) is 36.4 Å². The fraction of sp³-hybridized carbons (Fsp3) is 0.143. The highest BCUT2D eigenvalue weighted by Gasteiger charge is 2.31. The molecule has 4 nitrogen and oxygen atoms in total. The second-order valence-corrected chi connectivity index (χ2v) is 8.42. The van der Waals surface area contributed by atoms with Crippen molar-refractivity contribution in [3.8, 4) is 5.75 Å². The largest absolute Gasteiger partial charge is 0.487 e. The Bertz CT molecular complexity index is 972. The molecule has 2 amide bonds. The van der Waals surface area contributed by atoms with Gasteiger partial charge in [0.25, 0.3) is 11.1 Å². The van der Waals surface area contributed by atoms with Crippen LogP contribution in [0.5, 0.6) is 5.75 Å². The highest BCUT2D eigenvalue weighted by atomic mass is 79.9. The maximum Gasteiger partial charge on any atom is 0.293 e. The average Bonchev–Trinajstić information content (AvgIpc) is 2.89. The standard InChI is InChI=1S/C21H17BrClNO3S/c1-3-4-15-9-14(11-18-20(25)24(2)21(26)28-18)10-17(22)19(15)27-12-13-5-7-16(23)8-6-13/h3,5-11H,1,4,12H2,2H3/b18-11-. The van der Waals surface area contributed by atoms with Crippen LogP contribution in [0.4, 0.5) is 4.79 Å². The number of ether oxygens (including phenoxy) is 1. The Labute approximate surface area is 181 Å². The maximum absolute atomic E-state index is 12.1. The maximum atomic E-state index is 12.1. The average molecular weight is 479 g/mol. The SMILES string of the molecule is C=CCc1cc(/C=C2\SC(=O)N(C)C2=O)cc(Br)c1OCc1ccc(Cl)cc1. The second kappa shape index (κ2) is 8.99. The van der Waals surface area contributed by atoms with Crippen molar-refractivity contribution in [3.05, 3.63) is 80.1 Å². The number of likely N-dealkylation sites (N-methyl/N-ethyl adjacent to an activating group) is 1. The highest BCUT2D eigenvalue weighted by Crippen LogP contribution is 2.36. The van der Waals surface area contributed by atoms with Crippen molar-refractivity contribution in [2.24, 2.45) is 0 Å². The van der Waals surface area contributed by atoms with Gasteiger partial charge in [-0.25, -0.2) is 0 Å². The summed E-state index contributed by atoms with van der Waals surface area (Å²) in [5, 5.41) is 0.405. The van der Waals surface area contributed by atoms with Gasteiger partial charge in [-0.2, -0.15) is 0 Å². The van der Waals surface area contributed by atoms with Crippen LogP contribution in [0, 0.1) is 0 Å². The van der Waals surface area contributed by atoms with Gasteiger partial charge in [0.2, 0.25) is 0 Å². The number of halogens is 2. The molecule has 0 atom stereocenters. The Morgan fingerprint density at radius 3 is 2.57 bits per heavy atom. The number of carbonyl (C=O) groups is 2. The molecule has 1 fully saturated rings. The zero-order valence-electron chi connectivity index (χ0n) is 15.1. The van der Waals surface area contributed by atoms with Crippen LogP contribution in [-0.4, -0.2) is 23.1 Å². The van der Waals surface area contributed by atoms with E-state index in [1.165, 1.54) is 7.05 Å². The third kappa shape index (κ3) is 4.69. The summed E-state index contributed by atoms with van der Waals surface area (Å²) in [6.45, 7) is 4.21. The van der Waals surface area contributed by atoms with E-state index in [-0.39, 0.29) is 11.1 Å². The molecule has 7 heteroatoms. The van der Waals surface area contributed by atoms with Crippen molar-refractivity contribution in [3.63, 3.8) is 0 Å². The van der Waals surface area contributed by atoms with Crippen LogP contribution in [0.3, 0.4) is 0 Å². The number of thioether (sulfide) groups is 1. The van der Waals surface area contributed by atoms with Gasteiger partial charge in [-0.15, -0.1) is 6.58 Å². The van der Waals surface area contributed by atoms with Crippen LogP contribution in [0.2, 0.25) is 5.02 Å². The second-order valence-electron chi connectivity index (χ2n) is 6.14. The van der Waals surface area contributed by atoms with Crippen LogP contribution in [0.15, 0.2) is 58.4 Å². The molecule has 0 bridgehead atoms. The predicted molar refractivity (Wildman–Crippen MR) is 118 cm³/mol. The van der Waals surface area contributed by atoms with Crippen molar-refractivity contribution in [1.82, 2.24) is 4.90 Å². The van der Waals surface area contributed by atoms with Crippen LogP contribution >= 0.6 is 39.3 Å². The Morgan fingerprint density at radius 2 is 1.96 bits per heavy atom. The number of carbonyl (C=O) groups excluding carboxylic acids is 2. The minimum atomic E-state index is -0.292. The van der Waals surface area contributed by atoms with Gasteiger partial charge in [-0.05, 0) is 81.1 Å². The number of nitrogens with zero attached hydrogens (tertiary/aromatic N) is 1. The van der Waals surface area contributed by atoms with E-state index in [0.717, 1.165) is 43.6 Å². The fourth-order valence-corrected chi connectivity index (χ4v) is 4.25. The molecule has 1 aliphatic heterocycles. The van der Waals surface area contributed by atoms with Gasteiger partial charge in [0.1, 0.15) is 12.4 Å². The minimum absolute atomic E-state index is 0.274. The monoisotopic (exact) mass is 477 g/mol. The minimum Gasteiger partial charge on any atom is -0.487 e. The summed E-state index contributed by atoms with van der Waals surface area (Å²) >= 11 is 10.4. The lowest BCUT2D eigenvalue weighted by Gasteiger charge is -2.14. The molecule has 0 saturated carbocycles. The van der Waals surface area contributed by atoms with E-state index in [2.05, 4.69) is 22.5 Å². The molecular weight excluding hydrogens is 462 g/mol. The van der Waals surface area contributed by atoms with Gasteiger partial charge in [-0.3, -0.25) is 14.5 Å². The van der Waals surface area contributed by atoms with E-state index in [4.69, 9.17) is 16.3 Å². The predicted octanol–water partition coefficient (Wildman–Crippen LogP) is 6.08. The fourth-order valence-electron chi connectivity index (χ4n) is 2.66. The molecule has 2 aromatic carbocycles. The summed E-state index contributed by atoms with van der Waals surface area (Å²) in [7, 11) is 1.48. The molecular formula is C21H17BrClNO3S. The Kier molecular flexibility index (Phi) is 6.65. The lowest BCUT2D eigenvalue weighted by atomic mass is 10.1. The van der Waals surface area contributed by atoms with Crippen LogP contribution in [0.25, 0.3) is 6.08 Å². The zero-order chi connectivity index (χ0) is 20.3. The van der Waals surface area contributed by atoms with Crippen LogP contribution < -0.4 is 4.74 Å². The van der Waals surface area contributed by atoms with Gasteiger partial charge in [0, 0.05) is 12.1 Å². The van der Waals surface area contributed by atoms with E-state index >= 15 is 0 Å². The van der Waals surface area contributed by atoms with E-state index in [9.17, 15) is 9.59 Å². The quantitative estimate of drug-likeness (QED) is 0.373. The first kappa shape index (κ1) is 20.7. The Balaban J connectivity index is 1.87. The normalized spacial score (nSPS) is 15.4. The highest BCUT2D eigenvalue weighted by molar-refractivity contribution is 9.10. The topological polar surface area (TPSA) is 46.6 Å². The summed E-state index contributed by atoms with van der Waals surface area (Å²) in [6.07, 6.45) is 4.11. The molecule has 1 saturated heterocycles. The van der Waals surface area contributed by atoms with Crippen LogP contribution in [-0.2, 0) is 17.8 Å². The van der Waals surface area contributed by atoms with Crippen molar-refractivity contribution < 1.29 is 14.3 Å². The van der Waals surface area contributed by atoms with Crippen molar-refractivity contribution in [2.45, 2.75) is 13.0 Å². The molecule has 2 aromatic rings. The first-order valence-corrected chi connectivity index (χ1v) is 10.4. The lowest BCUT2D eigenvalue weighted by molar-refractivity contribution is -0.121. The summed E-state index contributed by atoms with van der Waals surface area (Å²) in [4.78, 5) is 25.3.